The molecule has 0 spiro atoms. The maximum atomic E-state index is 10.2. The standard InChI is InChI=1S/C10H21N3O/c1-12-4-6-13(7-5-12)9-10(14)2-3-11-8-10/h11,14H,2-9H2,1H3/t10-/m0/s1. The van der Waals surface area contributed by atoms with Gasteiger partial charge in [-0.25, -0.2) is 0 Å². The van der Waals surface area contributed by atoms with Crippen LogP contribution in [-0.2, 0) is 0 Å². The van der Waals surface area contributed by atoms with Gasteiger partial charge in [0.2, 0.25) is 0 Å². The topological polar surface area (TPSA) is 38.7 Å². The summed E-state index contributed by atoms with van der Waals surface area (Å²) in [7, 11) is 2.16. The molecule has 0 bridgehead atoms. The second-order valence-electron chi connectivity index (χ2n) is 4.73. The Kier molecular flexibility index (Phi) is 3.07. The van der Waals surface area contributed by atoms with Crippen LogP contribution < -0.4 is 5.32 Å². The predicted molar refractivity (Wildman–Crippen MR) is 56.4 cm³/mol. The molecule has 0 saturated carbocycles. The second kappa shape index (κ2) is 4.14. The number of piperazine rings is 1. The molecule has 14 heavy (non-hydrogen) atoms. The first-order valence-corrected chi connectivity index (χ1v) is 5.52. The quantitative estimate of drug-likeness (QED) is 0.596. The highest BCUT2D eigenvalue weighted by molar-refractivity contribution is 4.91. The lowest BCUT2D eigenvalue weighted by atomic mass is 10.0. The van der Waals surface area contributed by atoms with E-state index in [2.05, 4.69) is 22.2 Å². The molecule has 2 heterocycles. The van der Waals surface area contributed by atoms with Crippen LogP contribution in [-0.4, -0.2) is 73.4 Å². The van der Waals surface area contributed by atoms with Crippen molar-refractivity contribution < 1.29 is 5.11 Å². The number of likely N-dealkylation sites (N-methyl/N-ethyl adjacent to an activating group) is 1. The van der Waals surface area contributed by atoms with Crippen molar-refractivity contribution in [1.82, 2.24) is 15.1 Å². The normalized spacial score (nSPS) is 36.4. The van der Waals surface area contributed by atoms with Crippen LogP contribution in [0.1, 0.15) is 6.42 Å². The summed E-state index contributed by atoms with van der Waals surface area (Å²) in [5.74, 6) is 0. The minimum Gasteiger partial charge on any atom is -0.387 e. The van der Waals surface area contributed by atoms with Crippen molar-refractivity contribution in [2.24, 2.45) is 0 Å². The molecule has 2 saturated heterocycles. The molecule has 2 N–H and O–H groups in total. The van der Waals surface area contributed by atoms with Crippen molar-refractivity contribution >= 4 is 0 Å². The van der Waals surface area contributed by atoms with Crippen LogP contribution in [0, 0.1) is 0 Å². The van der Waals surface area contributed by atoms with Gasteiger partial charge in [-0.2, -0.15) is 0 Å². The number of hydrogen-bond donors (Lipinski definition) is 2. The van der Waals surface area contributed by atoms with Gasteiger partial charge < -0.3 is 15.3 Å². The van der Waals surface area contributed by atoms with Gasteiger partial charge in [-0.15, -0.1) is 0 Å². The van der Waals surface area contributed by atoms with Crippen LogP contribution >= 0.6 is 0 Å². The van der Waals surface area contributed by atoms with Gasteiger partial charge >= 0.3 is 0 Å². The van der Waals surface area contributed by atoms with E-state index in [1.54, 1.807) is 0 Å². The number of rotatable bonds is 2. The van der Waals surface area contributed by atoms with Crippen LogP contribution in [0.4, 0.5) is 0 Å². The van der Waals surface area contributed by atoms with E-state index in [1.165, 1.54) is 0 Å². The third-order valence-corrected chi connectivity index (χ3v) is 3.34. The fourth-order valence-corrected chi connectivity index (χ4v) is 2.29. The van der Waals surface area contributed by atoms with Gasteiger partial charge in [-0.1, -0.05) is 0 Å². The molecule has 2 aliphatic rings. The average molecular weight is 199 g/mol. The lowest BCUT2D eigenvalue weighted by molar-refractivity contribution is 0.00788. The highest BCUT2D eigenvalue weighted by Gasteiger charge is 2.33. The molecule has 4 heteroatoms. The molecule has 0 aromatic carbocycles. The van der Waals surface area contributed by atoms with Gasteiger partial charge in [-0.3, -0.25) is 4.90 Å². The van der Waals surface area contributed by atoms with Gasteiger partial charge in [0.05, 0.1) is 5.60 Å². The smallest absolute Gasteiger partial charge is 0.0909 e. The molecule has 0 aromatic heterocycles. The number of β-amino-alcohol motifs (C(OH)–C–C–N with tert-alkyl or cyclic N) is 1. The summed E-state index contributed by atoms with van der Waals surface area (Å²) in [4.78, 5) is 4.72. The van der Waals surface area contributed by atoms with Crippen LogP contribution in [0.2, 0.25) is 0 Å². The number of nitrogens with zero attached hydrogens (tertiary/aromatic N) is 2. The third-order valence-electron chi connectivity index (χ3n) is 3.34. The average Bonchev–Trinajstić information content (AvgIpc) is 2.57. The maximum absolute atomic E-state index is 10.2. The molecule has 2 rings (SSSR count). The summed E-state index contributed by atoms with van der Waals surface area (Å²) < 4.78 is 0. The van der Waals surface area contributed by atoms with Crippen molar-refractivity contribution in [3.8, 4) is 0 Å². The zero-order chi connectivity index (χ0) is 10.0. The predicted octanol–water partition coefficient (Wildman–Crippen LogP) is -1.04. The molecule has 0 amide bonds. The van der Waals surface area contributed by atoms with Gasteiger partial charge in [0, 0.05) is 39.3 Å². The highest BCUT2D eigenvalue weighted by Crippen LogP contribution is 2.16. The largest absolute Gasteiger partial charge is 0.387 e. The van der Waals surface area contributed by atoms with Crippen molar-refractivity contribution in [2.45, 2.75) is 12.0 Å². The van der Waals surface area contributed by atoms with E-state index in [-0.39, 0.29) is 0 Å². The molecule has 2 aliphatic heterocycles. The Labute approximate surface area is 85.9 Å². The number of aliphatic hydroxyl groups is 1. The molecule has 0 aliphatic carbocycles. The lowest BCUT2D eigenvalue weighted by Gasteiger charge is -2.36. The Morgan fingerprint density at radius 1 is 1.29 bits per heavy atom. The van der Waals surface area contributed by atoms with Crippen LogP contribution in [0.25, 0.3) is 0 Å². The van der Waals surface area contributed by atoms with Crippen molar-refractivity contribution in [2.75, 3.05) is 52.9 Å². The summed E-state index contributed by atoms with van der Waals surface area (Å²) in [6, 6.07) is 0. The monoisotopic (exact) mass is 199 g/mol. The van der Waals surface area contributed by atoms with E-state index in [1.807, 2.05) is 0 Å². The molecule has 2 fully saturated rings. The summed E-state index contributed by atoms with van der Waals surface area (Å²) in [6.45, 7) is 7.02. The van der Waals surface area contributed by atoms with E-state index in [0.717, 1.165) is 52.2 Å². The Morgan fingerprint density at radius 3 is 2.57 bits per heavy atom. The maximum Gasteiger partial charge on any atom is 0.0909 e. The first-order valence-electron chi connectivity index (χ1n) is 5.52. The van der Waals surface area contributed by atoms with Crippen LogP contribution in [0.5, 0.6) is 0 Å². The molecule has 0 radical (unpaired) electrons. The SMILES string of the molecule is CN1CCN(C[C@]2(O)CCNC2)CC1. The van der Waals surface area contributed by atoms with Crippen molar-refractivity contribution in [3.05, 3.63) is 0 Å². The second-order valence-corrected chi connectivity index (χ2v) is 4.73. The summed E-state index contributed by atoms with van der Waals surface area (Å²) in [5, 5.41) is 13.4. The summed E-state index contributed by atoms with van der Waals surface area (Å²) in [5.41, 5.74) is -0.462. The summed E-state index contributed by atoms with van der Waals surface area (Å²) in [6.07, 6.45) is 0.902. The van der Waals surface area contributed by atoms with Gasteiger partial charge in [0.25, 0.3) is 0 Å². The van der Waals surface area contributed by atoms with E-state index >= 15 is 0 Å². The molecule has 82 valence electrons. The van der Waals surface area contributed by atoms with Gasteiger partial charge in [-0.05, 0) is 20.0 Å². The first-order chi connectivity index (χ1) is 6.68. The first kappa shape index (κ1) is 10.4. The minimum atomic E-state index is -0.462. The number of nitrogens with one attached hydrogen (secondary N) is 1. The van der Waals surface area contributed by atoms with Gasteiger partial charge in [0.15, 0.2) is 0 Å². The van der Waals surface area contributed by atoms with E-state index in [0.29, 0.717) is 0 Å². The molecule has 0 unspecified atom stereocenters. The third kappa shape index (κ3) is 2.45. The molecule has 0 aromatic rings. The Hall–Kier alpha value is -0.160. The molecular formula is C10H21N3O. The zero-order valence-electron chi connectivity index (χ0n) is 9.00. The number of hydrogen-bond acceptors (Lipinski definition) is 4. The summed E-state index contributed by atoms with van der Waals surface area (Å²) >= 11 is 0. The fourth-order valence-electron chi connectivity index (χ4n) is 2.29. The lowest BCUT2D eigenvalue weighted by Crippen LogP contribution is -2.51. The minimum absolute atomic E-state index is 0.462. The molecular weight excluding hydrogens is 178 g/mol. The van der Waals surface area contributed by atoms with Crippen molar-refractivity contribution in [3.63, 3.8) is 0 Å². The van der Waals surface area contributed by atoms with Crippen LogP contribution in [0.3, 0.4) is 0 Å². The van der Waals surface area contributed by atoms with E-state index in [9.17, 15) is 5.11 Å². The zero-order valence-corrected chi connectivity index (χ0v) is 9.00. The highest BCUT2D eigenvalue weighted by atomic mass is 16.3. The van der Waals surface area contributed by atoms with E-state index < -0.39 is 5.60 Å². The van der Waals surface area contributed by atoms with E-state index in [4.69, 9.17) is 0 Å². The Bertz CT molecular complexity index is 184. The van der Waals surface area contributed by atoms with Crippen molar-refractivity contribution in [1.29, 1.82) is 0 Å². The van der Waals surface area contributed by atoms with Crippen LogP contribution in [0.15, 0.2) is 0 Å². The molecule has 4 nitrogen and oxygen atoms in total. The Balaban J connectivity index is 1.79. The Morgan fingerprint density at radius 2 is 2.00 bits per heavy atom. The van der Waals surface area contributed by atoms with Gasteiger partial charge in [0.1, 0.15) is 0 Å². The molecule has 1 atom stereocenters. The fraction of sp³-hybridized carbons (Fsp3) is 1.00.